The Morgan fingerprint density at radius 2 is 1.86 bits per heavy atom. The molecule has 7 heteroatoms. The normalized spacial score (nSPS) is 16.1. The van der Waals surface area contributed by atoms with Gasteiger partial charge in [-0.3, -0.25) is 0 Å². The molecule has 6 nitrogen and oxygen atoms in total. The number of ether oxygens (including phenoxy) is 2. The van der Waals surface area contributed by atoms with Gasteiger partial charge in [0.1, 0.15) is 12.4 Å². The number of benzene rings is 2. The summed E-state index contributed by atoms with van der Waals surface area (Å²) < 4.78 is 11.3. The molecule has 0 aromatic heterocycles. The second-order valence-corrected chi connectivity index (χ2v) is 7.03. The summed E-state index contributed by atoms with van der Waals surface area (Å²) in [7, 11) is 0. The number of halogens is 1. The van der Waals surface area contributed by atoms with E-state index in [4.69, 9.17) is 21.1 Å². The van der Waals surface area contributed by atoms with Crippen molar-refractivity contribution in [2.45, 2.75) is 32.9 Å². The van der Waals surface area contributed by atoms with Crippen molar-refractivity contribution >= 4 is 23.6 Å². The monoisotopic (exact) mass is 414 g/mol. The predicted molar refractivity (Wildman–Crippen MR) is 111 cm³/mol. The second kappa shape index (κ2) is 9.47. The van der Waals surface area contributed by atoms with Gasteiger partial charge in [-0.1, -0.05) is 54.9 Å². The number of hydrogen-bond acceptors (Lipinski definition) is 4. The number of carbonyl (C=O) groups is 2. The summed E-state index contributed by atoms with van der Waals surface area (Å²) in [5, 5.41) is 6.06. The number of hydrogen-bond donors (Lipinski definition) is 2. The van der Waals surface area contributed by atoms with E-state index in [2.05, 4.69) is 10.6 Å². The van der Waals surface area contributed by atoms with E-state index in [-0.39, 0.29) is 12.6 Å². The second-order valence-electron chi connectivity index (χ2n) is 6.62. The van der Waals surface area contributed by atoms with Gasteiger partial charge in [-0.25, -0.2) is 9.59 Å². The topological polar surface area (TPSA) is 76.7 Å². The fraction of sp³-hybridized carbons (Fsp3) is 0.273. The molecule has 0 saturated carbocycles. The van der Waals surface area contributed by atoms with Crippen LogP contribution in [-0.4, -0.2) is 18.6 Å². The third-order valence-corrected chi connectivity index (χ3v) is 4.87. The summed E-state index contributed by atoms with van der Waals surface area (Å²) in [4.78, 5) is 24.8. The molecular weight excluding hydrogens is 392 g/mol. The van der Waals surface area contributed by atoms with Gasteiger partial charge in [0.05, 0.1) is 18.2 Å². The van der Waals surface area contributed by atoms with Crippen molar-refractivity contribution in [1.29, 1.82) is 0 Å². The molecule has 1 atom stereocenters. The Kier molecular flexibility index (Phi) is 6.77. The predicted octanol–water partition coefficient (Wildman–Crippen LogP) is 4.50. The third-order valence-electron chi connectivity index (χ3n) is 4.50. The lowest BCUT2D eigenvalue weighted by atomic mass is 9.95. The smallest absolute Gasteiger partial charge is 0.338 e. The Hall–Kier alpha value is -2.99. The van der Waals surface area contributed by atoms with E-state index in [1.165, 1.54) is 0 Å². The van der Waals surface area contributed by atoms with Crippen LogP contribution in [0.25, 0.3) is 0 Å². The number of rotatable bonds is 7. The minimum Gasteiger partial charge on any atom is -0.488 e. The Bertz CT molecular complexity index is 942. The van der Waals surface area contributed by atoms with Crippen molar-refractivity contribution in [3.63, 3.8) is 0 Å². The quantitative estimate of drug-likeness (QED) is 0.654. The first-order valence-electron chi connectivity index (χ1n) is 9.41. The van der Waals surface area contributed by atoms with Crippen LogP contribution in [0.2, 0.25) is 5.02 Å². The van der Waals surface area contributed by atoms with E-state index in [1.807, 2.05) is 43.3 Å². The Morgan fingerprint density at radius 1 is 1.14 bits per heavy atom. The molecule has 2 amide bonds. The van der Waals surface area contributed by atoms with E-state index in [0.29, 0.717) is 40.6 Å². The van der Waals surface area contributed by atoms with Gasteiger partial charge in [-0.05, 0) is 25.5 Å². The van der Waals surface area contributed by atoms with Gasteiger partial charge in [-0.2, -0.15) is 0 Å². The van der Waals surface area contributed by atoms with Gasteiger partial charge >= 0.3 is 12.0 Å². The highest BCUT2D eigenvalue weighted by atomic mass is 35.5. The number of amides is 2. The first-order chi connectivity index (χ1) is 14.0. The molecule has 29 heavy (non-hydrogen) atoms. The highest BCUT2D eigenvalue weighted by Crippen LogP contribution is 2.34. The molecule has 0 aliphatic carbocycles. The average Bonchev–Trinajstić information content (AvgIpc) is 2.71. The Labute approximate surface area is 174 Å². The van der Waals surface area contributed by atoms with E-state index in [1.54, 1.807) is 19.1 Å². The maximum atomic E-state index is 12.7. The molecule has 2 aromatic carbocycles. The molecule has 1 heterocycles. The molecule has 2 aromatic rings. The molecule has 0 fully saturated rings. The summed E-state index contributed by atoms with van der Waals surface area (Å²) >= 11 is 6.22. The molecule has 1 unspecified atom stereocenters. The SMILES string of the molecule is CCCOC(=O)C1=C(C)NC(=O)NC1c1ccccc1OCc1ccccc1Cl. The molecule has 0 radical (unpaired) electrons. The van der Waals surface area contributed by atoms with Crippen LogP contribution >= 0.6 is 11.6 Å². The van der Waals surface area contributed by atoms with Gasteiger partial charge in [0.15, 0.2) is 0 Å². The fourth-order valence-corrected chi connectivity index (χ4v) is 3.28. The third kappa shape index (κ3) is 4.90. The summed E-state index contributed by atoms with van der Waals surface area (Å²) in [5.74, 6) is 0.0796. The standard InChI is InChI=1S/C22H23ClN2O4/c1-3-12-28-21(26)19-14(2)24-22(27)25-20(19)16-9-5-7-11-18(16)29-13-15-8-4-6-10-17(15)23/h4-11,20H,3,12-13H2,1-2H3,(H2,24,25,27). The lowest BCUT2D eigenvalue weighted by Crippen LogP contribution is -2.45. The van der Waals surface area contributed by atoms with Gasteiger partial charge in [-0.15, -0.1) is 0 Å². The molecule has 0 saturated heterocycles. The zero-order valence-electron chi connectivity index (χ0n) is 16.3. The number of esters is 1. The molecule has 3 rings (SSSR count). The Morgan fingerprint density at radius 3 is 2.62 bits per heavy atom. The summed E-state index contributed by atoms with van der Waals surface area (Å²) in [5.41, 5.74) is 2.32. The first kappa shape index (κ1) is 20.7. The zero-order valence-corrected chi connectivity index (χ0v) is 17.1. The molecule has 1 aliphatic rings. The number of allylic oxidation sites excluding steroid dienone is 1. The summed E-state index contributed by atoms with van der Waals surface area (Å²) in [6.07, 6.45) is 0.708. The molecule has 2 N–H and O–H groups in total. The van der Waals surface area contributed by atoms with E-state index in [9.17, 15) is 9.59 Å². The van der Waals surface area contributed by atoms with Crippen molar-refractivity contribution in [3.8, 4) is 5.75 Å². The van der Waals surface area contributed by atoms with Crippen LogP contribution < -0.4 is 15.4 Å². The first-order valence-corrected chi connectivity index (χ1v) is 9.79. The van der Waals surface area contributed by atoms with Crippen LogP contribution in [0.3, 0.4) is 0 Å². The highest BCUT2D eigenvalue weighted by molar-refractivity contribution is 6.31. The number of urea groups is 1. The number of nitrogens with one attached hydrogen (secondary N) is 2. The van der Waals surface area contributed by atoms with Crippen LogP contribution in [0.15, 0.2) is 59.8 Å². The maximum absolute atomic E-state index is 12.7. The largest absolute Gasteiger partial charge is 0.488 e. The molecular formula is C22H23ClN2O4. The van der Waals surface area contributed by atoms with Crippen LogP contribution in [0.5, 0.6) is 5.75 Å². The lowest BCUT2D eigenvalue weighted by Gasteiger charge is -2.29. The number of para-hydroxylation sites is 1. The maximum Gasteiger partial charge on any atom is 0.338 e. The van der Waals surface area contributed by atoms with Gasteiger partial charge in [0.25, 0.3) is 0 Å². The highest BCUT2D eigenvalue weighted by Gasteiger charge is 2.33. The van der Waals surface area contributed by atoms with Crippen LogP contribution in [0.1, 0.15) is 37.4 Å². The van der Waals surface area contributed by atoms with E-state index >= 15 is 0 Å². The van der Waals surface area contributed by atoms with Crippen molar-refractivity contribution in [1.82, 2.24) is 10.6 Å². The molecule has 1 aliphatic heterocycles. The van der Waals surface area contributed by atoms with E-state index in [0.717, 1.165) is 5.56 Å². The van der Waals surface area contributed by atoms with Gasteiger partial charge < -0.3 is 20.1 Å². The van der Waals surface area contributed by atoms with Crippen LogP contribution in [-0.2, 0) is 16.1 Å². The zero-order chi connectivity index (χ0) is 20.8. The summed E-state index contributed by atoms with van der Waals surface area (Å²) in [6, 6.07) is 13.6. The fourth-order valence-electron chi connectivity index (χ4n) is 3.09. The van der Waals surface area contributed by atoms with E-state index < -0.39 is 12.0 Å². The van der Waals surface area contributed by atoms with Gasteiger partial charge in [0, 0.05) is 21.8 Å². The van der Waals surface area contributed by atoms with Crippen LogP contribution in [0, 0.1) is 0 Å². The average molecular weight is 415 g/mol. The molecule has 152 valence electrons. The minimum atomic E-state index is -0.685. The molecule has 0 bridgehead atoms. The van der Waals surface area contributed by atoms with Crippen molar-refractivity contribution in [2.24, 2.45) is 0 Å². The van der Waals surface area contributed by atoms with Crippen LogP contribution in [0.4, 0.5) is 4.79 Å². The lowest BCUT2D eigenvalue weighted by molar-refractivity contribution is -0.139. The van der Waals surface area contributed by atoms with Crippen molar-refractivity contribution in [2.75, 3.05) is 6.61 Å². The van der Waals surface area contributed by atoms with Gasteiger partial charge in [0.2, 0.25) is 0 Å². The Balaban J connectivity index is 1.91. The molecule has 0 spiro atoms. The minimum absolute atomic E-state index is 0.258. The van der Waals surface area contributed by atoms with Crippen molar-refractivity contribution < 1.29 is 19.1 Å². The number of carbonyl (C=O) groups excluding carboxylic acids is 2. The summed E-state index contributed by atoms with van der Waals surface area (Å²) in [6.45, 7) is 4.17. The van der Waals surface area contributed by atoms with Crippen molar-refractivity contribution in [3.05, 3.63) is 76.0 Å².